The molecule has 3 rings (SSSR count). The molecular formula is C22H28N4O5S. The van der Waals surface area contributed by atoms with Crippen molar-refractivity contribution in [3.63, 3.8) is 0 Å². The van der Waals surface area contributed by atoms with Crippen molar-refractivity contribution in [3.8, 4) is 22.9 Å². The van der Waals surface area contributed by atoms with E-state index in [4.69, 9.17) is 14.0 Å². The SMILES string of the molecule is CCN(CC)S(=O)(=O)c1cc(NCc2nc(-c3ccc(OC)cc3OC)no2)ccc1C. The monoisotopic (exact) mass is 460 g/mol. The molecule has 172 valence electrons. The van der Waals surface area contributed by atoms with E-state index in [1.165, 1.54) is 4.31 Å². The van der Waals surface area contributed by atoms with Crippen LogP contribution in [0.2, 0.25) is 0 Å². The molecule has 1 aromatic heterocycles. The van der Waals surface area contributed by atoms with E-state index in [1.807, 2.05) is 19.9 Å². The van der Waals surface area contributed by atoms with Gasteiger partial charge in [0, 0.05) is 24.8 Å². The quantitative estimate of drug-likeness (QED) is 0.488. The lowest BCUT2D eigenvalue weighted by Gasteiger charge is -2.20. The number of benzene rings is 2. The topological polar surface area (TPSA) is 107 Å². The van der Waals surface area contributed by atoms with Crippen LogP contribution in [0.1, 0.15) is 25.3 Å². The van der Waals surface area contributed by atoms with E-state index in [0.29, 0.717) is 53.1 Å². The first-order valence-electron chi connectivity index (χ1n) is 10.2. The summed E-state index contributed by atoms with van der Waals surface area (Å²) in [6.45, 7) is 6.49. The second-order valence-corrected chi connectivity index (χ2v) is 8.91. The third-order valence-corrected chi connectivity index (χ3v) is 7.26. The highest BCUT2D eigenvalue weighted by molar-refractivity contribution is 7.89. The molecule has 0 fully saturated rings. The molecule has 0 radical (unpaired) electrons. The average molecular weight is 461 g/mol. The van der Waals surface area contributed by atoms with Gasteiger partial charge >= 0.3 is 0 Å². The fourth-order valence-corrected chi connectivity index (χ4v) is 5.00. The lowest BCUT2D eigenvalue weighted by molar-refractivity contribution is 0.382. The normalized spacial score (nSPS) is 11.6. The first-order chi connectivity index (χ1) is 15.3. The predicted octanol–water partition coefficient (Wildman–Crippen LogP) is 3.70. The number of ether oxygens (including phenoxy) is 2. The molecule has 0 bridgehead atoms. The van der Waals surface area contributed by atoms with Gasteiger partial charge in [0.25, 0.3) is 0 Å². The van der Waals surface area contributed by atoms with Crippen molar-refractivity contribution < 1.29 is 22.4 Å². The molecule has 0 aliphatic rings. The molecule has 0 aliphatic heterocycles. The molecule has 3 aromatic rings. The summed E-state index contributed by atoms with van der Waals surface area (Å²) < 4.78 is 43.3. The van der Waals surface area contributed by atoms with Gasteiger partial charge in [0.15, 0.2) is 0 Å². The van der Waals surface area contributed by atoms with Crippen LogP contribution >= 0.6 is 0 Å². The average Bonchev–Trinajstić information content (AvgIpc) is 3.27. The van der Waals surface area contributed by atoms with Crippen molar-refractivity contribution in [1.82, 2.24) is 14.4 Å². The van der Waals surface area contributed by atoms with E-state index in [0.717, 1.165) is 0 Å². The number of nitrogens with zero attached hydrogens (tertiary/aromatic N) is 3. The third-order valence-electron chi connectivity index (χ3n) is 5.07. The van der Waals surface area contributed by atoms with Gasteiger partial charge in [-0.1, -0.05) is 25.1 Å². The zero-order chi connectivity index (χ0) is 23.3. The largest absolute Gasteiger partial charge is 0.497 e. The minimum Gasteiger partial charge on any atom is -0.497 e. The first kappa shape index (κ1) is 23.6. The minimum atomic E-state index is -3.56. The fourth-order valence-electron chi connectivity index (χ4n) is 3.29. The summed E-state index contributed by atoms with van der Waals surface area (Å²) in [6.07, 6.45) is 0. The number of hydrogen-bond acceptors (Lipinski definition) is 8. The van der Waals surface area contributed by atoms with Crippen LogP contribution < -0.4 is 14.8 Å². The van der Waals surface area contributed by atoms with Gasteiger partial charge in [0.05, 0.1) is 31.2 Å². The zero-order valence-corrected chi connectivity index (χ0v) is 19.7. The number of sulfonamides is 1. The number of anilines is 1. The molecule has 0 saturated carbocycles. The van der Waals surface area contributed by atoms with Gasteiger partial charge in [-0.05, 0) is 36.8 Å². The third kappa shape index (κ3) is 4.86. The predicted molar refractivity (Wildman–Crippen MR) is 121 cm³/mol. The molecular weight excluding hydrogens is 432 g/mol. The number of rotatable bonds is 10. The van der Waals surface area contributed by atoms with Gasteiger partial charge in [0.1, 0.15) is 11.5 Å². The van der Waals surface area contributed by atoms with Gasteiger partial charge in [-0.15, -0.1) is 0 Å². The van der Waals surface area contributed by atoms with Crippen molar-refractivity contribution >= 4 is 15.7 Å². The molecule has 9 nitrogen and oxygen atoms in total. The Hall–Kier alpha value is -3.11. The number of hydrogen-bond donors (Lipinski definition) is 1. The Morgan fingerprint density at radius 2 is 1.81 bits per heavy atom. The summed E-state index contributed by atoms with van der Waals surface area (Å²) >= 11 is 0. The molecule has 1 heterocycles. The van der Waals surface area contributed by atoms with E-state index >= 15 is 0 Å². The maximum atomic E-state index is 12.9. The highest BCUT2D eigenvalue weighted by atomic mass is 32.2. The Kier molecular flexibility index (Phi) is 7.37. The Bertz CT molecular complexity index is 1170. The number of methoxy groups -OCH3 is 2. The Morgan fingerprint density at radius 3 is 2.47 bits per heavy atom. The van der Waals surface area contributed by atoms with Crippen LogP contribution in [0.5, 0.6) is 11.5 Å². The zero-order valence-electron chi connectivity index (χ0n) is 18.9. The number of aryl methyl sites for hydroxylation is 1. The summed E-state index contributed by atoms with van der Waals surface area (Å²) in [7, 11) is -0.428. The summed E-state index contributed by atoms with van der Waals surface area (Å²) in [4.78, 5) is 4.69. The summed E-state index contributed by atoms with van der Waals surface area (Å²) in [6, 6.07) is 10.6. The lowest BCUT2D eigenvalue weighted by Crippen LogP contribution is -2.31. The molecule has 2 aromatic carbocycles. The van der Waals surface area contributed by atoms with Gasteiger partial charge in [-0.3, -0.25) is 0 Å². The van der Waals surface area contributed by atoms with Gasteiger partial charge in [-0.25, -0.2) is 8.42 Å². The minimum absolute atomic E-state index is 0.235. The first-order valence-corrected chi connectivity index (χ1v) is 11.7. The number of aromatic nitrogens is 2. The molecule has 0 spiro atoms. The molecule has 0 atom stereocenters. The molecule has 0 aliphatic carbocycles. The molecule has 1 N–H and O–H groups in total. The molecule has 0 amide bonds. The van der Waals surface area contributed by atoms with E-state index < -0.39 is 10.0 Å². The van der Waals surface area contributed by atoms with Crippen molar-refractivity contribution in [2.24, 2.45) is 0 Å². The molecule has 0 unspecified atom stereocenters. The number of nitrogens with one attached hydrogen (secondary N) is 1. The molecule has 0 saturated heterocycles. The van der Waals surface area contributed by atoms with E-state index in [9.17, 15) is 8.42 Å². The fraction of sp³-hybridized carbons (Fsp3) is 0.364. The lowest BCUT2D eigenvalue weighted by atomic mass is 10.2. The van der Waals surface area contributed by atoms with Crippen molar-refractivity contribution in [3.05, 3.63) is 47.9 Å². The Morgan fingerprint density at radius 1 is 1.06 bits per heavy atom. The van der Waals surface area contributed by atoms with E-state index in [1.54, 1.807) is 51.5 Å². The summed E-state index contributed by atoms with van der Waals surface area (Å²) in [5.41, 5.74) is 2.00. The van der Waals surface area contributed by atoms with Gasteiger partial charge in [0.2, 0.25) is 21.7 Å². The van der Waals surface area contributed by atoms with Crippen LogP contribution in [0.15, 0.2) is 45.8 Å². The van der Waals surface area contributed by atoms with Gasteiger partial charge in [-0.2, -0.15) is 9.29 Å². The van der Waals surface area contributed by atoms with Crippen molar-refractivity contribution in [2.75, 3.05) is 32.6 Å². The van der Waals surface area contributed by atoms with Crippen LogP contribution in [0.25, 0.3) is 11.4 Å². The molecule has 32 heavy (non-hydrogen) atoms. The van der Waals surface area contributed by atoms with Crippen molar-refractivity contribution in [1.29, 1.82) is 0 Å². The van der Waals surface area contributed by atoms with Crippen molar-refractivity contribution in [2.45, 2.75) is 32.2 Å². The van der Waals surface area contributed by atoms with Crippen LogP contribution in [-0.2, 0) is 16.6 Å². The van der Waals surface area contributed by atoms with E-state index in [-0.39, 0.29) is 11.4 Å². The summed E-state index contributed by atoms with van der Waals surface area (Å²) in [5.74, 6) is 1.96. The Labute approximate surface area is 188 Å². The van der Waals surface area contributed by atoms with Crippen LogP contribution in [-0.4, -0.2) is 50.2 Å². The summed E-state index contributed by atoms with van der Waals surface area (Å²) in [5, 5.41) is 7.19. The van der Waals surface area contributed by atoms with E-state index in [2.05, 4.69) is 15.5 Å². The Balaban J connectivity index is 1.79. The highest BCUT2D eigenvalue weighted by Crippen LogP contribution is 2.31. The van der Waals surface area contributed by atoms with Gasteiger partial charge < -0.3 is 19.3 Å². The van der Waals surface area contributed by atoms with Crippen LogP contribution in [0.3, 0.4) is 0 Å². The standard InChI is InChI=1S/C22H28N4O5S/c1-6-26(7-2)32(27,28)20-12-16(9-8-15(20)3)23-14-21-24-22(25-31-21)18-11-10-17(29-4)13-19(18)30-5/h8-13,23H,6-7,14H2,1-5H3. The van der Waals surface area contributed by atoms with Crippen LogP contribution in [0.4, 0.5) is 5.69 Å². The molecule has 10 heteroatoms. The maximum absolute atomic E-state index is 12.9. The van der Waals surface area contributed by atoms with Crippen LogP contribution in [0, 0.1) is 6.92 Å². The second kappa shape index (κ2) is 10.0. The highest BCUT2D eigenvalue weighted by Gasteiger charge is 2.24. The maximum Gasteiger partial charge on any atom is 0.246 e. The second-order valence-electron chi connectivity index (χ2n) is 7.00. The smallest absolute Gasteiger partial charge is 0.246 e.